The predicted octanol–water partition coefficient (Wildman–Crippen LogP) is 0.395. The van der Waals surface area contributed by atoms with Crippen LogP contribution in [0.1, 0.15) is 11.5 Å². The van der Waals surface area contributed by atoms with E-state index in [0.717, 1.165) is 23.7 Å². The molecule has 1 aliphatic heterocycles. The summed E-state index contributed by atoms with van der Waals surface area (Å²) in [6, 6.07) is 2.08. The Morgan fingerprint density at radius 1 is 1.45 bits per heavy atom. The van der Waals surface area contributed by atoms with Gasteiger partial charge in [0.05, 0.1) is 43.9 Å². The zero-order valence-corrected chi connectivity index (χ0v) is 12.8. The smallest absolute Gasteiger partial charge is 0.157 e. The summed E-state index contributed by atoms with van der Waals surface area (Å²) in [4.78, 5) is 2.04. The summed E-state index contributed by atoms with van der Waals surface area (Å²) in [5.41, 5.74) is 0.880. The van der Waals surface area contributed by atoms with Crippen molar-refractivity contribution in [2.45, 2.75) is 25.2 Å². The van der Waals surface area contributed by atoms with Crippen LogP contribution in [-0.2, 0) is 17.8 Å². The van der Waals surface area contributed by atoms with Crippen LogP contribution in [0.25, 0.3) is 0 Å². The van der Waals surface area contributed by atoms with E-state index in [0.29, 0.717) is 19.8 Å². The molecule has 0 unspecified atom stereocenters. The molecule has 2 atom stereocenters. The average Bonchev–Trinajstić information content (AvgIpc) is 3.19. The highest BCUT2D eigenvalue weighted by atomic mass is 16.5. The van der Waals surface area contributed by atoms with Crippen LogP contribution in [0.15, 0.2) is 23.0 Å². The Balaban J connectivity index is 1.50. The molecular weight excluding hydrogens is 286 g/mol. The van der Waals surface area contributed by atoms with Crippen molar-refractivity contribution in [1.29, 1.82) is 0 Å². The summed E-state index contributed by atoms with van der Waals surface area (Å²) in [7, 11) is 3.99. The van der Waals surface area contributed by atoms with Crippen molar-refractivity contribution in [2.24, 2.45) is 0 Å². The molecule has 0 amide bonds. The maximum atomic E-state index is 5.84. The molecule has 2 aromatic rings. The summed E-state index contributed by atoms with van der Waals surface area (Å²) >= 11 is 0. The standard InChI is InChI=1S/C14H21N5O3/c1-19(2)7-11-3-10(18-22-11)4-15-13-8-20-9-14(13)21-12-5-16-17-6-12/h3,5-6,13-15H,4,7-9H2,1-2H3,(H,16,17)/t13-,14+/m0/s1. The number of rotatable bonds is 7. The minimum absolute atomic E-state index is 0.0363. The Kier molecular flexibility index (Phi) is 4.71. The molecule has 0 radical (unpaired) electrons. The van der Waals surface area contributed by atoms with Gasteiger partial charge >= 0.3 is 0 Å². The van der Waals surface area contributed by atoms with Crippen LogP contribution in [0.3, 0.4) is 0 Å². The van der Waals surface area contributed by atoms with Gasteiger partial charge in [-0.15, -0.1) is 0 Å². The Morgan fingerprint density at radius 2 is 2.36 bits per heavy atom. The van der Waals surface area contributed by atoms with Crippen molar-refractivity contribution in [3.8, 4) is 5.75 Å². The number of nitrogens with zero attached hydrogens (tertiary/aromatic N) is 3. The van der Waals surface area contributed by atoms with Crippen molar-refractivity contribution in [3.05, 3.63) is 29.9 Å². The number of H-pyrrole nitrogens is 1. The van der Waals surface area contributed by atoms with E-state index in [9.17, 15) is 0 Å². The van der Waals surface area contributed by atoms with Gasteiger partial charge in [0, 0.05) is 12.6 Å². The van der Waals surface area contributed by atoms with Crippen molar-refractivity contribution < 1.29 is 14.0 Å². The number of aromatic amines is 1. The van der Waals surface area contributed by atoms with Crippen molar-refractivity contribution >= 4 is 0 Å². The maximum absolute atomic E-state index is 5.84. The minimum Gasteiger partial charge on any atom is -0.483 e. The topological polar surface area (TPSA) is 88.4 Å². The first-order valence-electron chi connectivity index (χ1n) is 7.26. The highest BCUT2D eigenvalue weighted by Crippen LogP contribution is 2.16. The summed E-state index contributed by atoms with van der Waals surface area (Å²) in [5, 5.41) is 14.1. The van der Waals surface area contributed by atoms with Gasteiger partial charge in [0.1, 0.15) is 6.10 Å². The molecule has 8 nitrogen and oxygen atoms in total. The fourth-order valence-corrected chi connectivity index (χ4v) is 2.38. The van der Waals surface area contributed by atoms with Gasteiger partial charge in [0.15, 0.2) is 11.5 Å². The average molecular weight is 307 g/mol. The molecule has 1 saturated heterocycles. The third-order valence-corrected chi connectivity index (χ3v) is 3.41. The van der Waals surface area contributed by atoms with Gasteiger partial charge in [-0.05, 0) is 14.1 Å². The molecule has 2 aromatic heterocycles. The predicted molar refractivity (Wildman–Crippen MR) is 78.3 cm³/mol. The molecular formula is C14H21N5O3. The monoisotopic (exact) mass is 307 g/mol. The lowest BCUT2D eigenvalue weighted by molar-refractivity contribution is 0.139. The van der Waals surface area contributed by atoms with Gasteiger partial charge in [0.25, 0.3) is 0 Å². The van der Waals surface area contributed by atoms with E-state index in [1.54, 1.807) is 12.4 Å². The minimum atomic E-state index is -0.0363. The second kappa shape index (κ2) is 6.91. The Morgan fingerprint density at radius 3 is 3.14 bits per heavy atom. The number of ether oxygens (including phenoxy) is 2. The summed E-state index contributed by atoms with van der Waals surface area (Å²) in [6.45, 7) is 2.54. The Labute approximate surface area is 128 Å². The second-order valence-electron chi connectivity index (χ2n) is 5.64. The molecule has 1 aliphatic rings. The van der Waals surface area contributed by atoms with Crippen molar-refractivity contribution in [3.63, 3.8) is 0 Å². The summed E-state index contributed by atoms with van der Waals surface area (Å²) < 4.78 is 16.6. The van der Waals surface area contributed by atoms with Gasteiger partial charge < -0.3 is 24.2 Å². The first-order valence-corrected chi connectivity index (χ1v) is 7.26. The maximum Gasteiger partial charge on any atom is 0.157 e. The molecule has 22 heavy (non-hydrogen) atoms. The van der Waals surface area contributed by atoms with Gasteiger partial charge in [-0.25, -0.2) is 0 Å². The number of hydrogen-bond acceptors (Lipinski definition) is 7. The number of nitrogens with one attached hydrogen (secondary N) is 2. The lowest BCUT2D eigenvalue weighted by Gasteiger charge is -2.19. The van der Waals surface area contributed by atoms with Crippen molar-refractivity contribution in [2.75, 3.05) is 27.3 Å². The zero-order chi connectivity index (χ0) is 15.4. The molecule has 3 heterocycles. The molecule has 0 bridgehead atoms. The van der Waals surface area contributed by atoms with Gasteiger partial charge in [-0.1, -0.05) is 5.16 Å². The Hall–Kier alpha value is -1.90. The van der Waals surface area contributed by atoms with E-state index >= 15 is 0 Å². The van der Waals surface area contributed by atoms with E-state index in [1.807, 2.05) is 25.1 Å². The van der Waals surface area contributed by atoms with Gasteiger partial charge in [0.2, 0.25) is 0 Å². The SMILES string of the molecule is CN(C)Cc1cc(CN[C@H]2COC[C@H]2Oc2cn[nH]c2)no1. The van der Waals surface area contributed by atoms with Crippen LogP contribution in [0.4, 0.5) is 0 Å². The summed E-state index contributed by atoms with van der Waals surface area (Å²) in [6.07, 6.45) is 3.34. The highest BCUT2D eigenvalue weighted by molar-refractivity contribution is 5.12. The van der Waals surface area contributed by atoms with Crippen LogP contribution >= 0.6 is 0 Å². The summed E-state index contributed by atoms with van der Waals surface area (Å²) in [5.74, 6) is 1.58. The van der Waals surface area contributed by atoms with Gasteiger partial charge in [-0.2, -0.15) is 5.10 Å². The number of hydrogen-bond donors (Lipinski definition) is 2. The van der Waals surface area contributed by atoms with E-state index in [1.165, 1.54) is 0 Å². The molecule has 2 N–H and O–H groups in total. The van der Waals surface area contributed by atoms with E-state index < -0.39 is 0 Å². The zero-order valence-electron chi connectivity index (χ0n) is 12.8. The molecule has 0 spiro atoms. The van der Waals surface area contributed by atoms with Crippen LogP contribution < -0.4 is 10.1 Å². The van der Waals surface area contributed by atoms with Crippen LogP contribution in [0, 0.1) is 0 Å². The number of aromatic nitrogens is 3. The first kappa shape index (κ1) is 15.0. The normalized spacial score (nSPS) is 21.6. The van der Waals surface area contributed by atoms with E-state index in [2.05, 4.69) is 20.7 Å². The molecule has 8 heteroatoms. The molecule has 0 aromatic carbocycles. The van der Waals surface area contributed by atoms with Crippen LogP contribution in [0.5, 0.6) is 5.75 Å². The Bertz CT molecular complexity index is 569. The second-order valence-corrected chi connectivity index (χ2v) is 5.64. The van der Waals surface area contributed by atoms with Gasteiger partial charge in [-0.3, -0.25) is 5.10 Å². The fourth-order valence-electron chi connectivity index (χ4n) is 2.38. The molecule has 0 saturated carbocycles. The molecule has 3 rings (SSSR count). The third kappa shape index (κ3) is 3.85. The fraction of sp³-hybridized carbons (Fsp3) is 0.571. The lowest BCUT2D eigenvalue weighted by Crippen LogP contribution is -2.41. The quantitative estimate of drug-likeness (QED) is 0.765. The third-order valence-electron chi connectivity index (χ3n) is 3.41. The molecule has 120 valence electrons. The van der Waals surface area contributed by atoms with Crippen LogP contribution in [-0.4, -0.2) is 59.7 Å². The van der Waals surface area contributed by atoms with Crippen LogP contribution in [0.2, 0.25) is 0 Å². The molecule has 1 fully saturated rings. The first-order chi connectivity index (χ1) is 10.7. The highest BCUT2D eigenvalue weighted by Gasteiger charge is 2.30. The van der Waals surface area contributed by atoms with E-state index in [4.69, 9.17) is 14.0 Å². The van der Waals surface area contributed by atoms with E-state index in [-0.39, 0.29) is 12.1 Å². The molecule has 0 aliphatic carbocycles. The largest absolute Gasteiger partial charge is 0.483 e. The van der Waals surface area contributed by atoms with Crippen molar-refractivity contribution in [1.82, 2.24) is 25.6 Å². The lowest BCUT2D eigenvalue weighted by atomic mass is 10.2.